The molecular weight excluding hydrogens is 432 g/mol. The van der Waals surface area contributed by atoms with Gasteiger partial charge in [0.25, 0.3) is 0 Å². The quantitative estimate of drug-likeness (QED) is 0.587. The van der Waals surface area contributed by atoms with Crippen molar-refractivity contribution in [2.45, 2.75) is 46.3 Å². The van der Waals surface area contributed by atoms with E-state index in [1.807, 2.05) is 27.7 Å². The number of hydrogen-bond donors (Lipinski definition) is 1. The number of nitrogens with zero attached hydrogens (tertiary/aromatic N) is 1. The molecule has 0 aliphatic heterocycles. The van der Waals surface area contributed by atoms with Crippen molar-refractivity contribution < 1.29 is 9.53 Å². The van der Waals surface area contributed by atoms with Crippen LogP contribution in [0.2, 0.25) is 0 Å². The maximum atomic E-state index is 12.0. The molecule has 1 aromatic rings. The van der Waals surface area contributed by atoms with Crippen molar-refractivity contribution in [3.63, 3.8) is 0 Å². The monoisotopic (exact) mass is 454 g/mol. The molecule has 1 aromatic heterocycles. The van der Waals surface area contributed by atoms with Crippen LogP contribution in [-0.2, 0) is 11.3 Å². The lowest BCUT2D eigenvalue weighted by molar-refractivity contribution is 0.0258. The largest absolute Gasteiger partial charge is 0.444 e. The molecule has 0 aliphatic rings. The van der Waals surface area contributed by atoms with Crippen LogP contribution in [0.25, 0.3) is 0 Å². The van der Waals surface area contributed by atoms with E-state index in [1.54, 1.807) is 16.2 Å². The summed E-state index contributed by atoms with van der Waals surface area (Å²) < 4.78 is 7.60. The van der Waals surface area contributed by atoms with Crippen molar-refractivity contribution in [3.05, 3.63) is 19.2 Å². The predicted octanol–water partition coefficient (Wildman–Crippen LogP) is 5.01. The van der Waals surface area contributed by atoms with Crippen LogP contribution in [0.1, 0.15) is 39.0 Å². The molecule has 0 bridgehead atoms. The van der Waals surface area contributed by atoms with Crippen molar-refractivity contribution in [1.29, 1.82) is 0 Å². The van der Waals surface area contributed by atoms with Crippen molar-refractivity contribution >= 4 is 49.3 Å². The number of carbonyl (C=O) groups is 1. The van der Waals surface area contributed by atoms with Gasteiger partial charge in [0.1, 0.15) is 5.60 Å². The van der Waals surface area contributed by atoms with E-state index >= 15 is 0 Å². The molecule has 1 rings (SSSR count). The second-order valence-corrected chi connectivity index (χ2v) is 9.23. The third-order valence-electron chi connectivity index (χ3n) is 2.81. The molecule has 0 radical (unpaired) electrons. The lowest BCUT2D eigenvalue weighted by atomic mass is 10.2. The molecule has 4 nitrogen and oxygen atoms in total. The summed E-state index contributed by atoms with van der Waals surface area (Å²) in [6, 6.07) is 2.11. The fourth-order valence-electron chi connectivity index (χ4n) is 1.79. The topological polar surface area (TPSA) is 41.6 Å². The van der Waals surface area contributed by atoms with Gasteiger partial charge in [-0.1, -0.05) is 0 Å². The van der Waals surface area contributed by atoms with Gasteiger partial charge in [-0.05, 0) is 78.6 Å². The van der Waals surface area contributed by atoms with Crippen LogP contribution < -0.4 is 5.32 Å². The number of hydrogen-bond acceptors (Lipinski definition) is 4. The van der Waals surface area contributed by atoms with E-state index < -0.39 is 5.60 Å². The number of rotatable bonds is 7. The Morgan fingerprint density at radius 1 is 1.41 bits per heavy atom. The zero-order chi connectivity index (χ0) is 16.8. The predicted molar refractivity (Wildman–Crippen MR) is 99.5 cm³/mol. The minimum Gasteiger partial charge on any atom is -0.444 e. The maximum absolute atomic E-state index is 12.0. The van der Waals surface area contributed by atoms with Crippen LogP contribution in [-0.4, -0.2) is 36.2 Å². The molecule has 0 saturated heterocycles. The highest BCUT2D eigenvalue weighted by Crippen LogP contribution is 2.32. The maximum Gasteiger partial charge on any atom is 0.410 e. The Balaban J connectivity index is 2.25. The van der Waals surface area contributed by atoms with E-state index in [1.165, 1.54) is 4.88 Å². The van der Waals surface area contributed by atoms with Gasteiger partial charge in [0, 0.05) is 29.0 Å². The van der Waals surface area contributed by atoms with Gasteiger partial charge in [0.2, 0.25) is 0 Å². The Morgan fingerprint density at radius 3 is 2.59 bits per heavy atom. The summed E-state index contributed by atoms with van der Waals surface area (Å²) in [6.07, 6.45) is 0.668. The average Bonchev–Trinajstić information content (AvgIpc) is 2.70. The first-order valence-electron chi connectivity index (χ1n) is 7.35. The Morgan fingerprint density at radius 2 is 2.09 bits per heavy atom. The third kappa shape index (κ3) is 7.44. The lowest BCUT2D eigenvalue weighted by Gasteiger charge is -2.26. The van der Waals surface area contributed by atoms with Gasteiger partial charge in [-0.25, -0.2) is 4.79 Å². The zero-order valence-corrected chi connectivity index (χ0v) is 17.5. The molecule has 1 heterocycles. The summed E-state index contributed by atoms with van der Waals surface area (Å²) in [5, 5.41) is 3.40. The first kappa shape index (κ1) is 19.9. The second-order valence-electron chi connectivity index (χ2n) is 5.92. The molecule has 1 amide bonds. The van der Waals surface area contributed by atoms with Gasteiger partial charge in [-0.15, -0.1) is 11.3 Å². The molecule has 0 spiro atoms. The fourth-order valence-corrected chi connectivity index (χ4v) is 3.94. The molecule has 126 valence electrons. The van der Waals surface area contributed by atoms with Crippen molar-refractivity contribution in [2.24, 2.45) is 0 Å². The molecule has 0 atom stereocenters. The number of thiophene rings is 1. The second kappa shape index (κ2) is 9.25. The molecule has 0 aromatic carbocycles. The minimum atomic E-state index is -0.442. The Labute approximate surface area is 153 Å². The van der Waals surface area contributed by atoms with E-state index in [9.17, 15) is 4.79 Å². The van der Waals surface area contributed by atoms with E-state index in [0.717, 1.165) is 27.8 Å². The summed E-state index contributed by atoms with van der Waals surface area (Å²) in [4.78, 5) is 15.0. The lowest BCUT2D eigenvalue weighted by Crippen LogP contribution is -2.38. The van der Waals surface area contributed by atoms with E-state index in [2.05, 4.69) is 43.2 Å². The van der Waals surface area contributed by atoms with Gasteiger partial charge in [-0.3, -0.25) is 0 Å². The van der Waals surface area contributed by atoms with Crippen molar-refractivity contribution in [2.75, 3.05) is 19.6 Å². The summed E-state index contributed by atoms with van der Waals surface area (Å²) >= 11 is 8.69. The van der Waals surface area contributed by atoms with Crippen LogP contribution in [0.15, 0.2) is 14.3 Å². The molecule has 22 heavy (non-hydrogen) atoms. The van der Waals surface area contributed by atoms with Gasteiger partial charge >= 0.3 is 6.09 Å². The van der Waals surface area contributed by atoms with Gasteiger partial charge in [0.15, 0.2) is 0 Å². The first-order chi connectivity index (χ1) is 10.2. The molecule has 0 fully saturated rings. The van der Waals surface area contributed by atoms with Crippen LogP contribution in [0.3, 0.4) is 0 Å². The smallest absolute Gasteiger partial charge is 0.410 e. The minimum absolute atomic E-state index is 0.235. The van der Waals surface area contributed by atoms with Crippen LogP contribution >= 0.6 is 43.2 Å². The number of carbonyl (C=O) groups excluding carboxylic acids is 1. The van der Waals surface area contributed by atoms with E-state index in [-0.39, 0.29) is 6.09 Å². The number of amides is 1. The standard InChI is InChI=1S/C15H24Br2N2O2S/c1-5-19(14(20)21-15(2,3)4)8-6-7-18-10-11-9-12(16)13(17)22-11/h9,18H,5-8,10H2,1-4H3. The SMILES string of the molecule is CCN(CCCNCc1cc(Br)c(Br)s1)C(=O)OC(C)(C)C. The zero-order valence-electron chi connectivity index (χ0n) is 13.5. The molecule has 1 N–H and O–H groups in total. The fraction of sp³-hybridized carbons (Fsp3) is 0.667. The van der Waals surface area contributed by atoms with Crippen LogP contribution in [0.4, 0.5) is 4.79 Å². The van der Waals surface area contributed by atoms with Crippen LogP contribution in [0.5, 0.6) is 0 Å². The number of nitrogens with one attached hydrogen (secondary N) is 1. The normalized spacial score (nSPS) is 11.5. The molecule has 0 saturated carbocycles. The first-order valence-corrected chi connectivity index (χ1v) is 9.75. The average molecular weight is 456 g/mol. The molecular formula is C15H24Br2N2O2S. The summed E-state index contributed by atoms with van der Waals surface area (Å²) in [6.45, 7) is 10.7. The summed E-state index contributed by atoms with van der Waals surface area (Å²) in [7, 11) is 0. The molecule has 0 unspecified atom stereocenters. The third-order valence-corrected chi connectivity index (χ3v) is 6.07. The molecule has 7 heteroatoms. The number of ether oxygens (including phenoxy) is 1. The van der Waals surface area contributed by atoms with Gasteiger partial charge in [0.05, 0.1) is 3.79 Å². The Bertz CT molecular complexity index is 467. The Hall–Kier alpha value is -0.110. The highest BCUT2D eigenvalue weighted by atomic mass is 79.9. The van der Waals surface area contributed by atoms with E-state index in [4.69, 9.17) is 4.74 Å². The van der Waals surface area contributed by atoms with Crippen molar-refractivity contribution in [1.82, 2.24) is 10.2 Å². The van der Waals surface area contributed by atoms with Crippen LogP contribution in [0, 0.1) is 0 Å². The Kier molecular flexibility index (Phi) is 8.38. The number of halogens is 2. The van der Waals surface area contributed by atoms with Gasteiger partial charge < -0.3 is 15.0 Å². The summed E-state index contributed by atoms with van der Waals surface area (Å²) in [5.74, 6) is 0. The van der Waals surface area contributed by atoms with Crippen molar-refractivity contribution in [3.8, 4) is 0 Å². The molecule has 0 aliphatic carbocycles. The van der Waals surface area contributed by atoms with E-state index in [0.29, 0.717) is 13.1 Å². The van der Waals surface area contributed by atoms with Gasteiger partial charge in [-0.2, -0.15) is 0 Å². The highest BCUT2D eigenvalue weighted by Gasteiger charge is 2.20. The highest BCUT2D eigenvalue weighted by molar-refractivity contribution is 9.13. The summed E-state index contributed by atoms with van der Waals surface area (Å²) in [5.41, 5.74) is -0.442.